The molecule has 0 bridgehead atoms. The van der Waals surface area contributed by atoms with E-state index in [1.165, 1.54) is 6.07 Å². The quantitative estimate of drug-likeness (QED) is 0.565. The van der Waals surface area contributed by atoms with Crippen LogP contribution in [0.15, 0.2) is 35.4 Å². The van der Waals surface area contributed by atoms with Crippen molar-refractivity contribution in [3.8, 4) is 0 Å². The van der Waals surface area contributed by atoms with Gasteiger partial charge in [0.1, 0.15) is 5.60 Å². The molecule has 0 N–H and O–H groups in total. The minimum Gasteiger partial charge on any atom is -0.444 e. The molecule has 1 saturated heterocycles. The molecule has 0 unspecified atom stereocenters. The van der Waals surface area contributed by atoms with E-state index in [4.69, 9.17) is 4.74 Å². The average Bonchev–Trinajstić information content (AvgIpc) is 2.64. The number of nitrogens with zero attached hydrogens (tertiary/aromatic N) is 2. The molecule has 1 amide bonds. The van der Waals surface area contributed by atoms with Crippen LogP contribution < -0.4 is 0 Å². The highest BCUT2D eigenvalue weighted by Gasteiger charge is 2.31. The number of rotatable bonds is 3. The summed E-state index contributed by atoms with van der Waals surface area (Å²) in [5, 5.41) is 0.733. The lowest BCUT2D eigenvalue weighted by molar-refractivity contribution is -0.137. The van der Waals surface area contributed by atoms with Crippen molar-refractivity contribution in [2.45, 2.75) is 50.3 Å². The molecular weight excluding hydrogens is 401 g/mol. The van der Waals surface area contributed by atoms with E-state index < -0.39 is 17.3 Å². The third-order valence-electron chi connectivity index (χ3n) is 4.77. The van der Waals surface area contributed by atoms with Gasteiger partial charge in [-0.2, -0.15) is 13.2 Å². The Balaban J connectivity index is 1.59. The van der Waals surface area contributed by atoms with E-state index in [9.17, 15) is 18.0 Å². The largest absolute Gasteiger partial charge is 0.444 e. The van der Waals surface area contributed by atoms with Gasteiger partial charge in [-0.25, -0.2) is 4.79 Å². The first-order valence-electron chi connectivity index (χ1n) is 9.59. The maximum absolute atomic E-state index is 12.9. The third-order valence-corrected chi connectivity index (χ3v) is 6.08. The van der Waals surface area contributed by atoms with E-state index in [0.29, 0.717) is 24.5 Å². The summed E-state index contributed by atoms with van der Waals surface area (Å²) < 4.78 is 44.2. The summed E-state index contributed by atoms with van der Waals surface area (Å²) in [6.45, 7) is 6.87. The summed E-state index contributed by atoms with van der Waals surface area (Å²) in [7, 11) is 0. The van der Waals surface area contributed by atoms with Gasteiger partial charge in [0.05, 0.1) is 11.1 Å². The Labute approximate surface area is 172 Å². The molecule has 2 aromatic rings. The molecule has 1 aromatic carbocycles. The first-order chi connectivity index (χ1) is 13.5. The molecule has 0 aliphatic carbocycles. The number of amides is 1. The Kier molecular flexibility index (Phi) is 6.31. The fourth-order valence-corrected chi connectivity index (χ4v) is 4.47. The van der Waals surface area contributed by atoms with Gasteiger partial charge in [-0.1, -0.05) is 6.07 Å². The van der Waals surface area contributed by atoms with Gasteiger partial charge < -0.3 is 9.64 Å². The van der Waals surface area contributed by atoms with Gasteiger partial charge in [0.2, 0.25) is 0 Å². The predicted molar refractivity (Wildman–Crippen MR) is 108 cm³/mol. The van der Waals surface area contributed by atoms with Gasteiger partial charge >= 0.3 is 12.3 Å². The fourth-order valence-electron chi connectivity index (χ4n) is 3.24. The molecule has 29 heavy (non-hydrogen) atoms. The second kappa shape index (κ2) is 8.42. The van der Waals surface area contributed by atoms with Crippen LogP contribution in [0.25, 0.3) is 10.9 Å². The lowest BCUT2D eigenvalue weighted by Crippen LogP contribution is -2.42. The van der Waals surface area contributed by atoms with Crippen molar-refractivity contribution >= 4 is 28.8 Å². The SMILES string of the molecule is CC(C)(C)OC(=O)N1CCC(CSc2ccnc3cc(C(F)(F)F)ccc23)CC1. The van der Waals surface area contributed by atoms with Crippen LogP contribution in [-0.2, 0) is 10.9 Å². The molecule has 0 saturated carbocycles. The van der Waals surface area contributed by atoms with E-state index in [2.05, 4.69) is 4.98 Å². The van der Waals surface area contributed by atoms with Gasteiger partial charge in [0, 0.05) is 35.3 Å². The van der Waals surface area contributed by atoms with Crippen LogP contribution in [0.5, 0.6) is 0 Å². The Morgan fingerprint density at radius 3 is 2.52 bits per heavy atom. The lowest BCUT2D eigenvalue weighted by atomic mass is 9.99. The zero-order valence-corrected chi connectivity index (χ0v) is 17.6. The highest BCUT2D eigenvalue weighted by Crippen LogP contribution is 2.35. The van der Waals surface area contributed by atoms with Crippen LogP contribution in [0, 0.1) is 5.92 Å². The molecule has 158 valence electrons. The van der Waals surface area contributed by atoms with Gasteiger partial charge in [0.25, 0.3) is 0 Å². The summed E-state index contributed by atoms with van der Waals surface area (Å²) in [5.41, 5.74) is -0.836. The van der Waals surface area contributed by atoms with Gasteiger partial charge in [0.15, 0.2) is 0 Å². The van der Waals surface area contributed by atoms with Crippen molar-refractivity contribution in [1.82, 2.24) is 9.88 Å². The zero-order valence-electron chi connectivity index (χ0n) is 16.8. The monoisotopic (exact) mass is 426 g/mol. The zero-order chi connectivity index (χ0) is 21.2. The summed E-state index contributed by atoms with van der Waals surface area (Å²) >= 11 is 1.63. The van der Waals surface area contributed by atoms with Crippen molar-refractivity contribution in [2.75, 3.05) is 18.8 Å². The standard InChI is InChI=1S/C21H25F3N2O2S/c1-20(2,3)28-19(27)26-10-7-14(8-11-26)13-29-18-6-9-25-17-12-15(21(22,23)24)4-5-16(17)18/h4-6,9,12,14H,7-8,10-11,13H2,1-3H3. The molecule has 0 atom stereocenters. The highest BCUT2D eigenvalue weighted by molar-refractivity contribution is 7.99. The first-order valence-corrected chi connectivity index (χ1v) is 10.6. The van der Waals surface area contributed by atoms with Crippen LogP contribution in [0.1, 0.15) is 39.2 Å². The number of hydrogen-bond acceptors (Lipinski definition) is 4. The van der Waals surface area contributed by atoms with Crippen molar-refractivity contribution in [3.05, 3.63) is 36.0 Å². The molecule has 2 heterocycles. The molecule has 1 fully saturated rings. The Morgan fingerprint density at radius 2 is 1.90 bits per heavy atom. The van der Waals surface area contributed by atoms with Gasteiger partial charge in [-0.15, -0.1) is 11.8 Å². The Hall–Kier alpha value is -1.96. The second-order valence-corrected chi connectivity index (χ2v) is 9.32. The van der Waals surface area contributed by atoms with Crippen molar-refractivity contribution < 1.29 is 22.7 Å². The minimum atomic E-state index is -4.37. The Morgan fingerprint density at radius 1 is 1.21 bits per heavy atom. The number of hydrogen-bond donors (Lipinski definition) is 0. The molecule has 8 heteroatoms. The van der Waals surface area contributed by atoms with Crippen molar-refractivity contribution in [1.29, 1.82) is 0 Å². The number of piperidine rings is 1. The van der Waals surface area contributed by atoms with Gasteiger partial charge in [-0.05, 0) is 57.7 Å². The number of thioether (sulfide) groups is 1. The summed E-state index contributed by atoms with van der Waals surface area (Å²) in [6.07, 6.45) is -1.33. The van der Waals surface area contributed by atoms with Crippen LogP contribution >= 0.6 is 11.8 Å². The molecule has 1 aromatic heterocycles. The Bertz CT molecular complexity index is 872. The minimum absolute atomic E-state index is 0.274. The fraction of sp³-hybridized carbons (Fsp3) is 0.524. The molecular formula is C21H25F3N2O2S. The van der Waals surface area contributed by atoms with Crippen LogP contribution in [0.2, 0.25) is 0 Å². The maximum atomic E-state index is 12.9. The van der Waals surface area contributed by atoms with Crippen molar-refractivity contribution in [2.24, 2.45) is 5.92 Å². The number of carbonyl (C=O) groups excluding carboxylic acids is 1. The molecule has 4 nitrogen and oxygen atoms in total. The summed E-state index contributed by atoms with van der Waals surface area (Å²) in [5.74, 6) is 1.29. The van der Waals surface area contributed by atoms with E-state index in [0.717, 1.165) is 41.0 Å². The van der Waals surface area contributed by atoms with E-state index in [1.807, 2.05) is 26.8 Å². The summed E-state index contributed by atoms with van der Waals surface area (Å²) in [4.78, 5) is 18.9. The number of alkyl halides is 3. The first kappa shape index (κ1) is 21.7. The number of aromatic nitrogens is 1. The number of benzene rings is 1. The smallest absolute Gasteiger partial charge is 0.416 e. The van der Waals surface area contributed by atoms with Gasteiger partial charge in [-0.3, -0.25) is 4.98 Å². The van der Waals surface area contributed by atoms with E-state index >= 15 is 0 Å². The number of pyridine rings is 1. The second-order valence-electron chi connectivity index (χ2n) is 8.26. The summed E-state index contributed by atoms with van der Waals surface area (Å²) in [6, 6.07) is 5.54. The molecule has 1 aliphatic rings. The predicted octanol–water partition coefficient (Wildman–Crippen LogP) is 5.99. The van der Waals surface area contributed by atoms with Crippen LogP contribution in [0.3, 0.4) is 0 Å². The lowest BCUT2D eigenvalue weighted by Gasteiger charge is -2.33. The molecule has 3 rings (SSSR count). The van der Waals surface area contributed by atoms with E-state index in [-0.39, 0.29) is 6.09 Å². The third kappa shape index (κ3) is 5.78. The van der Waals surface area contributed by atoms with Crippen molar-refractivity contribution in [3.63, 3.8) is 0 Å². The normalized spacial score (nSPS) is 16.3. The molecule has 1 aliphatic heterocycles. The number of carbonyl (C=O) groups is 1. The highest BCUT2D eigenvalue weighted by atomic mass is 32.2. The molecule has 0 spiro atoms. The number of likely N-dealkylation sites (tertiary alicyclic amines) is 1. The number of fused-ring (bicyclic) bond motifs is 1. The van der Waals surface area contributed by atoms with Crippen LogP contribution in [-0.4, -0.2) is 40.4 Å². The maximum Gasteiger partial charge on any atom is 0.416 e. The number of ether oxygens (including phenoxy) is 1. The van der Waals surface area contributed by atoms with E-state index in [1.54, 1.807) is 22.9 Å². The topological polar surface area (TPSA) is 42.4 Å². The number of halogens is 3. The average molecular weight is 427 g/mol. The van der Waals surface area contributed by atoms with Crippen LogP contribution in [0.4, 0.5) is 18.0 Å². The molecule has 0 radical (unpaired) electrons.